The molecule has 0 fully saturated rings. The Morgan fingerprint density at radius 3 is 2.62 bits per heavy atom. The number of hydrogen-bond acceptors (Lipinski definition) is 3. The maximum atomic E-state index is 15.1. The van der Waals surface area contributed by atoms with Crippen LogP contribution in [0.15, 0.2) is 60.7 Å². The van der Waals surface area contributed by atoms with E-state index in [1.807, 2.05) is 6.07 Å². The molecule has 3 aromatic rings. The van der Waals surface area contributed by atoms with Gasteiger partial charge in [0.1, 0.15) is 29.2 Å². The topological polar surface area (TPSA) is 35.5 Å². The molecular formula is C33H35FO3. The first kappa shape index (κ1) is 25.3. The van der Waals surface area contributed by atoms with E-state index in [-0.39, 0.29) is 23.1 Å². The lowest BCUT2D eigenvalue weighted by Gasteiger charge is -2.29. The Morgan fingerprint density at radius 1 is 1.05 bits per heavy atom. The number of ketones is 1. The van der Waals surface area contributed by atoms with Gasteiger partial charge in [-0.2, -0.15) is 0 Å². The number of hydrogen-bond donors (Lipinski definition) is 0. The quantitative estimate of drug-likeness (QED) is 0.329. The van der Waals surface area contributed by atoms with Crippen molar-refractivity contribution in [2.75, 3.05) is 7.11 Å². The summed E-state index contributed by atoms with van der Waals surface area (Å²) in [6.07, 6.45) is 7.40. The number of Topliss-reactive ketones (excluding diaryl/α,β-unsaturated/α-hetero) is 1. The maximum Gasteiger partial charge on any atom is 0.131 e. The molecule has 0 amide bonds. The van der Waals surface area contributed by atoms with Crippen molar-refractivity contribution >= 4 is 11.4 Å². The summed E-state index contributed by atoms with van der Waals surface area (Å²) in [6.45, 7) is 6.16. The molecule has 1 aliphatic carbocycles. The van der Waals surface area contributed by atoms with Crippen LogP contribution in [-0.4, -0.2) is 12.9 Å². The molecule has 3 aromatic carbocycles. The van der Waals surface area contributed by atoms with Crippen LogP contribution in [0, 0.1) is 11.2 Å². The third-order valence-corrected chi connectivity index (χ3v) is 7.86. The SMILES string of the molecule is COc1ccc(F)c(-c2ccc(C3CCc4ccc(CCC(C)=O)cc4O3)cc2C2=CCCC2(C)C)c1. The van der Waals surface area contributed by atoms with Crippen molar-refractivity contribution in [3.63, 3.8) is 0 Å². The van der Waals surface area contributed by atoms with Crippen LogP contribution >= 0.6 is 0 Å². The molecule has 4 heteroatoms. The number of carbonyl (C=O) groups is 1. The first-order valence-electron chi connectivity index (χ1n) is 13.2. The fourth-order valence-corrected chi connectivity index (χ4v) is 5.64. The molecule has 0 spiro atoms. The molecule has 1 aliphatic heterocycles. The average Bonchev–Trinajstić information content (AvgIpc) is 3.25. The zero-order valence-electron chi connectivity index (χ0n) is 22.2. The number of allylic oxidation sites excluding steroid dienone is 2. The van der Waals surface area contributed by atoms with Gasteiger partial charge in [0, 0.05) is 12.0 Å². The summed E-state index contributed by atoms with van der Waals surface area (Å²) in [6, 6.07) is 17.6. The monoisotopic (exact) mass is 498 g/mol. The van der Waals surface area contributed by atoms with Crippen LogP contribution in [0.3, 0.4) is 0 Å². The highest BCUT2D eigenvalue weighted by atomic mass is 19.1. The Hall–Kier alpha value is -3.40. The van der Waals surface area contributed by atoms with E-state index in [1.165, 1.54) is 17.2 Å². The Bertz CT molecular complexity index is 1370. The molecule has 0 N–H and O–H groups in total. The first-order valence-corrected chi connectivity index (χ1v) is 13.2. The number of halogens is 1. The Labute approximate surface area is 219 Å². The van der Waals surface area contributed by atoms with Gasteiger partial charge in [0.2, 0.25) is 0 Å². The maximum absolute atomic E-state index is 15.1. The van der Waals surface area contributed by atoms with Crippen LogP contribution in [0.2, 0.25) is 0 Å². The minimum atomic E-state index is -0.257. The third kappa shape index (κ3) is 5.20. The molecule has 37 heavy (non-hydrogen) atoms. The minimum Gasteiger partial charge on any atom is -0.497 e. The molecule has 1 heterocycles. The fraction of sp³-hybridized carbons (Fsp3) is 0.364. The molecular weight excluding hydrogens is 463 g/mol. The number of rotatable bonds is 7. The second-order valence-corrected chi connectivity index (χ2v) is 11.0. The lowest BCUT2D eigenvalue weighted by Crippen LogP contribution is -2.16. The molecule has 0 saturated carbocycles. The standard InChI is InChI=1S/C33H35FO3/c1-21(35)7-8-22-9-10-23-12-16-31(37-32(23)18-22)24-11-14-26(28-20-25(36-4)13-15-30(28)34)27(19-24)29-6-5-17-33(29,2)3/h6,9-11,13-15,18-20,31H,5,7-8,12,16-17H2,1-4H3. The molecule has 0 bridgehead atoms. The largest absolute Gasteiger partial charge is 0.497 e. The number of ether oxygens (including phenoxy) is 2. The van der Waals surface area contributed by atoms with Crippen molar-refractivity contribution in [2.45, 2.75) is 65.4 Å². The molecule has 0 saturated heterocycles. The van der Waals surface area contributed by atoms with Gasteiger partial charge in [-0.1, -0.05) is 44.2 Å². The molecule has 1 unspecified atom stereocenters. The zero-order valence-corrected chi connectivity index (χ0v) is 22.2. The van der Waals surface area contributed by atoms with E-state index >= 15 is 4.39 Å². The van der Waals surface area contributed by atoms with Crippen molar-refractivity contribution in [3.8, 4) is 22.6 Å². The lowest BCUT2D eigenvalue weighted by atomic mass is 9.78. The normalized spacial score (nSPS) is 18.1. The summed E-state index contributed by atoms with van der Waals surface area (Å²) < 4.78 is 27.1. The average molecular weight is 499 g/mol. The third-order valence-electron chi connectivity index (χ3n) is 7.86. The van der Waals surface area contributed by atoms with Gasteiger partial charge in [0.05, 0.1) is 7.11 Å². The summed E-state index contributed by atoms with van der Waals surface area (Å²) in [5.74, 6) is 1.48. The van der Waals surface area contributed by atoms with E-state index in [1.54, 1.807) is 26.2 Å². The smallest absolute Gasteiger partial charge is 0.131 e. The van der Waals surface area contributed by atoms with E-state index < -0.39 is 0 Å². The summed E-state index contributed by atoms with van der Waals surface area (Å²) in [7, 11) is 1.60. The molecule has 1 atom stereocenters. The zero-order chi connectivity index (χ0) is 26.2. The molecule has 192 valence electrons. The van der Waals surface area contributed by atoms with Gasteiger partial charge in [0.25, 0.3) is 0 Å². The van der Waals surface area contributed by atoms with Crippen molar-refractivity contribution in [1.82, 2.24) is 0 Å². The molecule has 0 radical (unpaired) electrons. The predicted octanol–water partition coefficient (Wildman–Crippen LogP) is 8.29. The van der Waals surface area contributed by atoms with Crippen molar-refractivity contribution in [1.29, 1.82) is 0 Å². The number of aryl methyl sites for hydroxylation is 2. The highest BCUT2D eigenvalue weighted by molar-refractivity contribution is 5.85. The van der Waals surface area contributed by atoms with Gasteiger partial charge >= 0.3 is 0 Å². The van der Waals surface area contributed by atoms with E-state index in [2.05, 4.69) is 50.3 Å². The summed E-state index contributed by atoms with van der Waals surface area (Å²) >= 11 is 0. The molecule has 3 nitrogen and oxygen atoms in total. The summed E-state index contributed by atoms with van der Waals surface area (Å²) in [5, 5.41) is 0. The highest BCUT2D eigenvalue weighted by Crippen LogP contribution is 2.48. The van der Waals surface area contributed by atoms with E-state index in [0.717, 1.165) is 60.1 Å². The van der Waals surface area contributed by atoms with Crippen molar-refractivity contribution in [2.24, 2.45) is 5.41 Å². The Balaban J connectivity index is 1.53. The Morgan fingerprint density at radius 2 is 1.89 bits per heavy atom. The lowest BCUT2D eigenvalue weighted by molar-refractivity contribution is -0.116. The minimum absolute atomic E-state index is 0.00829. The second kappa shape index (κ2) is 10.2. The van der Waals surface area contributed by atoms with Gasteiger partial charge in [-0.3, -0.25) is 0 Å². The van der Waals surface area contributed by atoms with E-state index in [0.29, 0.717) is 17.7 Å². The van der Waals surface area contributed by atoms with Gasteiger partial charge in [-0.15, -0.1) is 0 Å². The van der Waals surface area contributed by atoms with E-state index in [9.17, 15) is 4.79 Å². The number of fused-ring (bicyclic) bond motifs is 1. The van der Waals surface area contributed by atoms with Crippen molar-refractivity contribution in [3.05, 3.63) is 88.7 Å². The Kier molecular flexibility index (Phi) is 6.94. The van der Waals surface area contributed by atoms with Crippen LogP contribution < -0.4 is 9.47 Å². The van der Waals surface area contributed by atoms with Gasteiger partial charge in [-0.05, 0) is 108 Å². The van der Waals surface area contributed by atoms with Gasteiger partial charge in [-0.25, -0.2) is 4.39 Å². The van der Waals surface area contributed by atoms with Crippen LogP contribution in [0.25, 0.3) is 16.7 Å². The van der Waals surface area contributed by atoms with E-state index in [4.69, 9.17) is 9.47 Å². The van der Waals surface area contributed by atoms with Crippen LogP contribution in [0.1, 0.15) is 74.8 Å². The summed E-state index contributed by atoms with van der Waals surface area (Å²) in [5.41, 5.74) is 7.19. The van der Waals surface area contributed by atoms with Crippen LogP contribution in [0.4, 0.5) is 4.39 Å². The highest BCUT2D eigenvalue weighted by Gasteiger charge is 2.31. The molecule has 0 aromatic heterocycles. The van der Waals surface area contributed by atoms with Crippen molar-refractivity contribution < 1.29 is 18.7 Å². The second-order valence-electron chi connectivity index (χ2n) is 11.0. The molecule has 5 rings (SSSR count). The fourth-order valence-electron chi connectivity index (χ4n) is 5.64. The van der Waals surface area contributed by atoms with Crippen LogP contribution in [-0.2, 0) is 17.6 Å². The van der Waals surface area contributed by atoms with Crippen LogP contribution in [0.5, 0.6) is 11.5 Å². The number of methoxy groups -OCH3 is 1. The number of carbonyl (C=O) groups excluding carboxylic acids is 1. The summed E-state index contributed by atoms with van der Waals surface area (Å²) in [4.78, 5) is 11.5. The first-order chi connectivity index (χ1) is 17.7. The van der Waals surface area contributed by atoms with Gasteiger partial charge < -0.3 is 14.3 Å². The van der Waals surface area contributed by atoms with Gasteiger partial charge in [0.15, 0.2) is 0 Å². The molecule has 2 aliphatic rings. The predicted molar refractivity (Wildman–Crippen MR) is 147 cm³/mol. The number of benzene rings is 3.